The Labute approximate surface area is 113 Å². The topological polar surface area (TPSA) is 64.4 Å². The SMILES string of the molecule is COc1ccc(NCC2(C(C)C)CC2)c([N+](=O)[O-])c1. The second-order valence-electron chi connectivity index (χ2n) is 5.51. The average molecular weight is 264 g/mol. The van der Waals surface area contributed by atoms with E-state index in [1.807, 2.05) is 0 Å². The smallest absolute Gasteiger partial charge is 0.296 e. The first-order chi connectivity index (χ1) is 8.98. The van der Waals surface area contributed by atoms with Gasteiger partial charge in [-0.1, -0.05) is 13.8 Å². The molecule has 0 spiro atoms. The van der Waals surface area contributed by atoms with Crippen molar-refractivity contribution in [3.8, 4) is 5.75 Å². The lowest BCUT2D eigenvalue weighted by Crippen LogP contribution is -2.21. The van der Waals surface area contributed by atoms with Gasteiger partial charge in [-0.15, -0.1) is 0 Å². The standard InChI is InChI=1S/C14H20N2O3/c1-10(2)14(6-7-14)9-15-12-5-4-11(19-3)8-13(12)16(17)18/h4-5,8,10,15H,6-7,9H2,1-3H3. The molecule has 5 heteroatoms. The van der Waals surface area contributed by atoms with E-state index in [0.29, 0.717) is 22.8 Å². The van der Waals surface area contributed by atoms with Gasteiger partial charge in [0, 0.05) is 6.54 Å². The van der Waals surface area contributed by atoms with E-state index in [4.69, 9.17) is 4.74 Å². The fourth-order valence-electron chi connectivity index (χ4n) is 2.33. The number of hydrogen-bond acceptors (Lipinski definition) is 4. The van der Waals surface area contributed by atoms with Gasteiger partial charge in [0.25, 0.3) is 5.69 Å². The van der Waals surface area contributed by atoms with Crippen molar-refractivity contribution in [3.05, 3.63) is 28.3 Å². The van der Waals surface area contributed by atoms with Gasteiger partial charge in [0.15, 0.2) is 0 Å². The number of nitro groups is 1. The van der Waals surface area contributed by atoms with Crippen molar-refractivity contribution in [2.45, 2.75) is 26.7 Å². The molecule has 19 heavy (non-hydrogen) atoms. The summed E-state index contributed by atoms with van der Waals surface area (Å²) in [5.41, 5.74) is 0.949. The third kappa shape index (κ3) is 2.80. The van der Waals surface area contributed by atoms with Crippen molar-refractivity contribution >= 4 is 11.4 Å². The first kappa shape index (κ1) is 13.6. The minimum absolute atomic E-state index is 0.0684. The van der Waals surface area contributed by atoms with Gasteiger partial charge in [-0.05, 0) is 36.3 Å². The normalized spacial score (nSPS) is 16.2. The predicted molar refractivity (Wildman–Crippen MR) is 74.6 cm³/mol. The zero-order chi connectivity index (χ0) is 14.0. The predicted octanol–water partition coefficient (Wildman–Crippen LogP) is 3.45. The molecule has 104 valence electrons. The first-order valence-electron chi connectivity index (χ1n) is 6.55. The van der Waals surface area contributed by atoms with Gasteiger partial charge in [-0.3, -0.25) is 10.1 Å². The Kier molecular flexibility index (Phi) is 3.64. The zero-order valence-electron chi connectivity index (χ0n) is 11.6. The molecule has 0 unspecified atom stereocenters. The van der Waals surface area contributed by atoms with Crippen LogP contribution in [0.5, 0.6) is 5.75 Å². The maximum atomic E-state index is 11.1. The number of benzene rings is 1. The summed E-state index contributed by atoms with van der Waals surface area (Å²) in [7, 11) is 1.50. The average Bonchev–Trinajstić information content (AvgIpc) is 3.17. The highest BCUT2D eigenvalue weighted by Crippen LogP contribution is 2.52. The monoisotopic (exact) mass is 264 g/mol. The summed E-state index contributed by atoms with van der Waals surface area (Å²) in [5, 5.41) is 14.3. The molecule has 1 fully saturated rings. The Balaban J connectivity index is 2.14. The molecule has 0 aromatic heterocycles. The van der Waals surface area contributed by atoms with Crippen molar-refractivity contribution in [1.29, 1.82) is 0 Å². The summed E-state index contributed by atoms with van der Waals surface area (Å²) in [5.74, 6) is 1.10. The lowest BCUT2D eigenvalue weighted by atomic mass is 9.92. The fraction of sp³-hybridized carbons (Fsp3) is 0.571. The maximum absolute atomic E-state index is 11.1. The van der Waals surface area contributed by atoms with Crippen LogP contribution >= 0.6 is 0 Å². The molecule has 0 heterocycles. The minimum atomic E-state index is -0.375. The van der Waals surface area contributed by atoms with Crippen molar-refractivity contribution in [2.75, 3.05) is 19.0 Å². The second-order valence-corrected chi connectivity index (χ2v) is 5.51. The van der Waals surface area contributed by atoms with Crippen molar-refractivity contribution in [3.63, 3.8) is 0 Å². The molecule has 1 aliphatic rings. The van der Waals surface area contributed by atoms with Crippen LogP contribution in [0.25, 0.3) is 0 Å². The van der Waals surface area contributed by atoms with E-state index in [1.54, 1.807) is 12.1 Å². The number of nitro benzene ring substituents is 1. The van der Waals surface area contributed by atoms with E-state index in [2.05, 4.69) is 19.2 Å². The molecule has 1 N–H and O–H groups in total. The number of methoxy groups -OCH3 is 1. The number of rotatable bonds is 6. The number of hydrogen-bond donors (Lipinski definition) is 1. The molecular formula is C14H20N2O3. The van der Waals surface area contributed by atoms with Crippen LogP contribution in [0, 0.1) is 21.4 Å². The van der Waals surface area contributed by atoms with Crippen LogP contribution in [0.3, 0.4) is 0 Å². The van der Waals surface area contributed by atoms with Crippen LogP contribution in [0.2, 0.25) is 0 Å². The summed E-state index contributed by atoms with van der Waals surface area (Å²) in [6.45, 7) is 5.20. The van der Waals surface area contributed by atoms with E-state index in [-0.39, 0.29) is 10.6 Å². The van der Waals surface area contributed by atoms with Crippen LogP contribution in [-0.4, -0.2) is 18.6 Å². The summed E-state index contributed by atoms with van der Waals surface area (Å²) in [6, 6.07) is 4.91. The van der Waals surface area contributed by atoms with E-state index < -0.39 is 0 Å². The molecule has 5 nitrogen and oxygen atoms in total. The lowest BCUT2D eigenvalue weighted by molar-refractivity contribution is -0.384. The van der Waals surface area contributed by atoms with Crippen LogP contribution in [0.1, 0.15) is 26.7 Å². The molecule has 1 aliphatic carbocycles. The largest absolute Gasteiger partial charge is 0.496 e. The Hall–Kier alpha value is -1.78. The molecule has 0 bridgehead atoms. The lowest BCUT2D eigenvalue weighted by Gasteiger charge is -2.20. The minimum Gasteiger partial charge on any atom is -0.496 e. The summed E-state index contributed by atoms with van der Waals surface area (Å²) in [4.78, 5) is 10.7. The summed E-state index contributed by atoms with van der Waals surface area (Å²) >= 11 is 0. The Morgan fingerprint density at radius 1 is 1.47 bits per heavy atom. The van der Waals surface area contributed by atoms with Crippen LogP contribution in [0.15, 0.2) is 18.2 Å². The molecule has 1 aromatic carbocycles. The third-order valence-corrected chi connectivity index (χ3v) is 4.15. The molecule has 0 atom stereocenters. The van der Waals surface area contributed by atoms with Gasteiger partial charge in [0.1, 0.15) is 11.4 Å². The van der Waals surface area contributed by atoms with Gasteiger partial charge in [0.05, 0.1) is 18.1 Å². The molecule has 0 amide bonds. The molecule has 2 rings (SSSR count). The first-order valence-corrected chi connectivity index (χ1v) is 6.55. The highest BCUT2D eigenvalue weighted by Gasteiger charge is 2.45. The quantitative estimate of drug-likeness (QED) is 0.631. The fourth-order valence-corrected chi connectivity index (χ4v) is 2.33. The molecule has 0 radical (unpaired) electrons. The van der Waals surface area contributed by atoms with Gasteiger partial charge in [-0.25, -0.2) is 0 Å². The molecule has 0 aliphatic heterocycles. The Morgan fingerprint density at radius 2 is 2.16 bits per heavy atom. The van der Waals surface area contributed by atoms with Crippen LogP contribution in [0.4, 0.5) is 11.4 Å². The van der Waals surface area contributed by atoms with Crippen molar-refractivity contribution in [2.24, 2.45) is 11.3 Å². The highest BCUT2D eigenvalue weighted by molar-refractivity contribution is 5.64. The zero-order valence-corrected chi connectivity index (χ0v) is 11.6. The molecule has 0 saturated heterocycles. The van der Waals surface area contributed by atoms with E-state index >= 15 is 0 Å². The van der Waals surface area contributed by atoms with Gasteiger partial charge in [0.2, 0.25) is 0 Å². The summed E-state index contributed by atoms with van der Waals surface area (Å²) < 4.78 is 5.02. The maximum Gasteiger partial charge on any atom is 0.296 e. The van der Waals surface area contributed by atoms with Gasteiger partial charge < -0.3 is 10.1 Å². The van der Waals surface area contributed by atoms with E-state index in [1.165, 1.54) is 26.0 Å². The van der Waals surface area contributed by atoms with Gasteiger partial charge in [-0.2, -0.15) is 0 Å². The van der Waals surface area contributed by atoms with E-state index in [9.17, 15) is 10.1 Å². The van der Waals surface area contributed by atoms with Crippen molar-refractivity contribution in [1.82, 2.24) is 0 Å². The summed E-state index contributed by atoms with van der Waals surface area (Å²) in [6.07, 6.45) is 2.39. The van der Waals surface area contributed by atoms with Crippen LogP contribution in [-0.2, 0) is 0 Å². The second kappa shape index (κ2) is 5.07. The number of nitrogens with one attached hydrogen (secondary N) is 1. The highest BCUT2D eigenvalue weighted by atomic mass is 16.6. The number of nitrogens with zero attached hydrogens (tertiary/aromatic N) is 1. The van der Waals surface area contributed by atoms with Crippen LogP contribution < -0.4 is 10.1 Å². The Bertz CT molecular complexity index is 482. The van der Waals surface area contributed by atoms with Gasteiger partial charge >= 0.3 is 0 Å². The number of anilines is 1. The molecule has 1 aromatic rings. The van der Waals surface area contributed by atoms with E-state index in [0.717, 1.165) is 6.54 Å². The third-order valence-electron chi connectivity index (χ3n) is 4.15. The number of ether oxygens (including phenoxy) is 1. The molecule has 1 saturated carbocycles. The molecular weight excluding hydrogens is 244 g/mol. The van der Waals surface area contributed by atoms with Crippen molar-refractivity contribution < 1.29 is 9.66 Å². The Morgan fingerprint density at radius 3 is 2.63 bits per heavy atom.